The molecule has 2 fully saturated rings. The molecule has 1 heterocycles. The number of hydrogen-bond donors (Lipinski definition) is 2. The minimum absolute atomic E-state index is 0.0577. The number of rotatable bonds is 12. The van der Waals surface area contributed by atoms with Crippen molar-refractivity contribution in [2.45, 2.75) is 96.0 Å². The van der Waals surface area contributed by atoms with Gasteiger partial charge in [0.1, 0.15) is 17.0 Å². The third-order valence-corrected chi connectivity index (χ3v) is 8.60. The smallest absolute Gasteiger partial charge is 0.408 e. The lowest BCUT2D eigenvalue weighted by atomic mass is 9.83. The number of carbonyl (C=O) groups is 2. The molecule has 1 amide bonds. The zero-order chi connectivity index (χ0) is 33.4. The minimum Gasteiger partial charge on any atom is -0.493 e. The standard InChI is InChI=1S/C36H42ClFN2O6/c1-34(2,3)46-33(42)40-35(4,5)24-19-28(21-7-13-27(38)26(37)17-21)39-32(20-24)36(43,23-9-10-23)16-15-29(41)22-8-14-30(31(18-22)44-6)45-25-11-12-25/h7-8,13-14,17-20,23,25,43H,9-12,15-16H2,1-6H3,(H,40,42). The fourth-order valence-corrected chi connectivity index (χ4v) is 5.58. The van der Waals surface area contributed by atoms with E-state index in [0.29, 0.717) is 39.6 Å². The summed E-state index contributed by atoms with van der Waals surface area (Å²) in [5.41, 5.74) is -0.657. The van der Waals surface area contributed by atoms with Crippen LogP contribution in [0.2, 0.25) is 5.02 Å². The number of methoxy groups -OCH3 is 1. The number of halogens is 2. The summed E-state index contributed by atoms with van der Waals surface area (Å²) in [5, 5.41) is 15.2. The molecule has 46 heavy (non-hydrogen) atoms. The van der Waals surface area contributed by atoms with Crippen molar-refractivity contribution >= 4 is 23.5 Å². The molecule has 0 spiro atoms. The number of carbonyl (C=O) groups excluding carboxylic acids is 2. The van der Waals surface area contributed by atoms with Gasteiger partial charge >= 0.3 is 6.09 Å². The number of benzene rings is 2. The molecule has 1 atom stereocenters. The molecule has 5 rings (SSSR count). The first-order chi connectivity index (χ1) is 21.6. The molecule has 2 aliphatic carbocycles. The van der Waals surface area contributed by atoms with Crippen LogP contribution in [-0.2, 0) is 15.9 Å². The van der Waals surface area contributed by atoms with Gasteiger partial charge in [-0.25, -0.2) is 14.2 Å². The Morgan fingerprint density at radius 2 is 1.72 bits per heavy atom. The second-order valence-electron chi connectivity index (χ2n) is 13.8. The molecule has 0 saturated heterocycles. The second kappa shape index (κ2) is 12.8. The van der Waals surface area contributed by atoms with Gasteiger partial charge in [0.15, 0.2) is 17.3 Å². The molecule has 8 nitrogen and oxygen atoms in total. The summed E-state index contributed by atoms with van der Waals surface area (Å²) in [7, 11) is 1.54. The van der Waals surface area contributed by atoms with E-state index in [2.05, 4.69) is 5.32 Å². The molecule has 2 aromatic carbocycles. The number of hydrogen-bond acceptors (Lipinski definition) is 7. The van der Waals surface area contributed by atoms with Gasteiger partial charge in [-0.3, -0.25) is 4.79 Å². The van der Waals surface area contributed by atoms with Crippen molar-refractivity contribution < 1.29 is 33.3 Å². The number of nitrogens with one attached hydrogen (secondary N) is 1. The summed E-state index contributed by atoms with van der Waals surface area (Å²) in [6.07, 6.45) is 3.32. The average Bonchev–Trinajstić information content (AvgIpc) is 3.91. The van der Waals surface area contributed by atoms with Crippen molar-refractivity contribution in [1.82, 2.24) is 10.3 Å². The highest BCUT2D eigenvalue weighted by molar-refractivity contribution is 6.31. The summed E-state index contributed by atoms with van der Waals surface area (Å²) >= 11 is 6.14. The number of amides is 1. The van der Waals surface area contributed by atoms with Crippen molar-refractivity contribution in [3.05, 3.63) is 76.2 Å². The molecule has 1 aromatic heterocycles. The zero-order valence-electron chi connectivity index (χ0n) is 27.2. The third-order valence-electron chi connectivity index (χ3n) is 8.31. The topological polar surface area (TPSA) is 107 Å². The Bertz CT molecular complexity index is 1630. The lowest BCUT2D eigenvalue weighted by molar-refractivity contribution is -0.00121. The van der Waals surface area contributed by atoms with Gasteiger partial charge in [-0.1, -0.05) is 11.6 Å². The maximum absolute atomic E-state index is 14.1. The summed E-state index contributed by atoms with van der Waals surface area (Å²) in [6, 6.07) is 13.0. The monoisotopic (exact) mass is 652 g/mol. The Morgan fingerprint density at radius 3 is 2.33 bits per heavy atom. The van der Waals surface area contributed by atoms with E-state index in [9.17, 15) is 19.1 Å². The van der Waals surface area contributed by atoms with E-state index in [-0.39, 0.29) is 35.7 Å². The Labute approximate surface area is 274 Å². The summed E-state index contributed by atoms with van der Waals surface area (Å²) in [4.78, 5) is 31.1. The zero-order valence-corrected chi connectivity index (χ0v) is 28.0. The molecule has 10 heteroatoms. The first-order valence-electron chi connectivity index (χ1n) is 15.7. The molecule has 3 aromatic rings. The van der Waals surface area contributed by atoms with Gasteiger partial charge in [0, 0.05) is 17.5 Å². The summed E-state index contributed by atoms with van der Waals surface area (Å²) in [5.74, 6) is 0.271. The molecule has 1 unspecified atom stereocenters. The Kier molecular flexibility index (Phi) is 9.40. The number of nitrogens with zero attached hydrogens (tertiary/aromatic N) is 1. The maximum Gasteiger partial charge on any atom is 0.408 e. The van der Waals surface area contributed by atoms with E-state index >= 15 is 0 Å². The molecule has 2 N–H and O–H groups in total. The highest BCUT2D eigenvalue weighted by Gasteiger charge is 2.47. The number of Topliss-reactive ketones (excluding diaryl/α,β-unsaturated/α-hetero) is 1. The Hall–Kier alpha value is -3.69. The van der Waals surface area contributed by atoms with Crippen molar-refractivity contribution in [1.29, 1.82) is 0 Å². The van der Waals surface area contributed by atoms with Crippen LogP contribution in [0, 0.1) is 11.7 Å². The lowest BCUT2D eigenvalue weighted by Gasteiger charge is -2.32. The molecule has 0 bridgehead atoms. The number of aliphatic hydroxyl groups is 1. The van der Waals surface area contributed by atoms with E-state index in [0.717, 1.165) is 25.7 Å². The molecule has 0 aliphatic heterocycles. The van der Waals surface area contributed by atoms with Crippen molar-refractivity contribution in [3.8, 4) is 22.8 Å². The van der Waals surface area contributed by atoms with Gasteiger partial charge in [0.05, 0.1) is 35.2 Å². The number of ether oxygens (including phenoxy) is 3. The average molecular weight is 653 g/mol. The second-order valence-corrected chi connectivity index (χ2v) is 14.2. The first kappa shape index (κ1) is 33.7. The van der Waals surface area contributed by atoms with Crippen LogP contribution in [0.25, 0.3) is 11.3 Å². The van der Waals surface area contributed by atoms with Gasteiger partial charge < -0.3 is 24.6 Å². The van der Waals surface area contributed by atoms with Gasteiger partial charge in [-0.05, 0) is 127 Å². The van der Waals surface area contributed by atoms with Crippen LogP contribution in [0.15, 0.2) is 48.5 Å². The van der Waals surface area contributed by atoms with E-state index in [1.54, 1.807) is 64.3 Å². The molecule has 246 valence electrons. The highest BCUT2D eigenvalue weighted by Crippen LogP contribution is 2.49. The number of pyridine rings is 1. The molecular weight excluding hydrogens is 611 g/mol. The summed E-state index contributed by atoms with van der Waals surface area (Å²) < 4.78 is 31.0. The van der Waals surface area contributed by atoms with Crippen LogP contribution in [-0.4, -0.2) is 40.8 Å². The minimum atomic E-state index is -1.44. The Balaban J connectivity index is 1.47. The van der Waals surface area contributed by atoms with Gasteiger partial charge in [0.25, 0.3) is 0 Å². The van der Waals surface area contributed by atoms with Gasteiger partial charge in [-0.15, -0.1) is 0 Å². The van der Waals surface area contributed by atoms with Gasteiger partial charge in [0.2, 0.25) is 0 Å². The van der Waals surface area contributed by atoms with E-state index in [4.69, 9.17) is 30.8 Å². The van der Waals surface area contributed by atoms with Crippen molar-refractivity contribution in [2.24, 2.45) is 5.92 Å². The van der Waals surface area contributed by atoms with Crippen LogP contribution >= 0.6 is 11.6 Å². The van der Waals surface area contributed by atoms with Crippen LogP contribution in [0.4, 0.5) is 9.18 Å². The fraction of sp³-hybridized carbons (Fsp3) is 0.472. The lowest BCUT2D eigenvalue weighted by Crippen LogP contribution is -2.44. The highest BCUT2D eigenvalue weighted by atomic mass is 35.5. The molecular formula is C36H42ClFN2O6. The van der Waals surface area contributed by atoms with E-state index in [1.807, 2.05) is 13.8 Å². The van der Waals surface area contributed by atoms with Crippen molar-refractivity contribution in [2.75, 3.05) is 7.11 Å². The predicted molar refractivity (Wildman–Crippen MR) is 174 cm³/mol. The van der Waals surface area contributed by atoms with Crippen LogP contribution in [0.3, 0.4) is 0 Å². The number of ketones is 1. The van der Waals surface area contributed by atoms with E-state index in [1.165, 1.54) is 12.1 Å². The van der Waals surface area contributed by atoms with Gasteiger partial charge in [-0.2, -0.15) is 0 Å². The molecule has 0 radical (unpaired) electrons. The molecule has 2 saturated carbocycles. The van der Waals surface area contributed by atoms with Crippen LogP contribution in [0.5, 0.6) is 11.5 Å². The predicted octanol–water partition coefficient (Wildman–Crippen LogP) is 8.11. The first-order valence-corrected chi connectivity index (χ1v) is 16.1. The van der Waals surface area contributed by atoms with Crippen molar-refractivity contribution in [3.63, 3.8) is 0 Å². The van der Waals surface area contributed by atoms with Crippen LogP contribution < -0.4 is 14.8 Å². The third kappa shape index (κ3) is 7.99. The van der Waals surface area contributed by atoms with E-state index < -0.39 is 28.7 Å². The largest absolute Gasteiger partial charge is 0.493 e. The number of alkyl carbamates (subject to hydrolysis) is 1. The molecule has 2 aliphatic rings. The number of aromatic nitrogens is 1. The summed E-state index contributed by atoms with van der Waals surface area (Å²) in [6.45, 7) is 8.99. The van der Waals surface area contributed by atoms with Crippen LogP contribution in [0.1, 0.15) is 94.8 Å². The normalized spacial score (nSPS) is 16.4. The Morgan fingerprint density at radius 1 is 1.00 bits per heavy atom. The quantitative estimate of drug-likeness (QED) is 0.190. The fourth-order valence-electron chi connectivity index (χ4n) is 5.40. The maximum atomic E-state index is 14.1. The SMILES string of the molecule is COc1cc(C(=O)CCC(O)(c2cc(C(C)(C)NC(=O)OC(C)(C)C)cc(-c3ccc(F)c(Cl)c3)n2)C2CC2)ccc1OC1CC1.